The lowest BCUT2D eigenvalue weighted by molar-refractivity contribution is -0.117. The monoisotopic (exact) mass is 565 g/mol. The normalized spacial score (nSPS) is 18.6. The van der Waals surface area contributed by atoms with Gasteiger partial charge in [0.15, 0.2) is 11.6 Å². The lowest BCUT2D eigenvalue weighted by atomic mass is 10.1. The van der Waals surface area contributed by atoms with Crippen molar-refractivity contribution in [3.05, 3.63) is 48.0 Å². The summed E-state index contributed by atoms with van der Waals surface area (Å²) in [6, 6.07) is 7.72. The molecule has 2 amide bonds. The molecule has 2 aliphatic heterocycles. The number of hydrazine groups is 1. The number of rotatable bonds is 8. The van der Waals surface area contributed by atoms with Crippen LogP contribution < -0.4 is 20.5 Å². The predicted octanol–water partition coefficient (Wildman–Crippen LogP) is 2.63. The van der Waals surface area contributed by atoms with Gasteiger partial charge in [-0.1, -0.05) is 0 Å². The number of amides is 2. The molecule has 2 saturated heterocycles. The van der Waals surface area contributed by atoms with E-state index in [9.17, 15) is 22.8 Å². The molecule has 1 atom stereocenters. The molecule has 2 heterocycles. The molecule has 0 aromatic heterocycles. The van der Waals surface area contributed by atoms with Gasteiger partial charge in [0.25, 0.3) is 10.0 Å². The first-order valence-corrected chi connectivity index (χ1v) is 13.7. The van der Waals surface area contributed by atoms with Crippen LogP contribution in [0.25, 0.3) is 0 Å². The van der Waals surface area contributed by atoms with Crippen LogP contribution in [0.2, 0.25) is 0 Å². The second kappa shape index (κ2) is 11.6. The van der Waals surface area contributed by atoms with Crippen molar-refractivity contribution in [2.45, 2.75) is 37.7 Å². The van der Waals surface area contributed by atoms with E-state index in [1.165, 1.54) is 43.0 Å². The molecule has 0 bridgehead atoms. The quantitative estimate of drug-likeness (QED) is 0.500. The van der Waals surface area contributed by atoms with E-state index < -0.39 is 33.9 Å². The number of nitrogens with one attached hydrogen (secondary N) is 2. The fourth-order valence-corrected chi connectivity index (χ4v) is 5.76. The second-order valence-electron chi connectivity index (χ2n) is 9.29. The summed E-state index contributed by atoms with van der Waals surface area (Å²) in [4.78, 5) is 37.2. The SMILES string of the molecule is CC(=O)CC[C@H]1CN(c2cc(F)c(N3CCNN(S(=O)(=O)c4ccc(NC(C)=O)cc4)CC3)c(F)c2)C(=O)O1. The zero-order valence-corrected chi connectivity index (χ0v) is 22.3. The molecule has 2 aromatic carbocycles. The van der Waals surface area contributed by atoms with Crippen molar-refractivity contribution in [3.8, 4) is 0 Å². The summed E-state index contributed by atoms with van der Waals surface area (Å²) in [5.41, 5.74) is 2.89. The Morgan fingerprint density at radius 3 is 2.36 bits per heavy atom. The van der Waals surface area contributed by atoms with Gasteiger partial charge in [0.2, 0.25) is 5.91 Å². The third-order valence-electron chi connectivity index (χ3n) is 6.33. The Bertz CT molecular complexity index is 1350. The molecule has 0 aliphatic carbocycles. The van der Waals surface area contributed by atoms with E-state index in [0.29, 0.717) is 12.1 Å². The van der Waals surface area contributed by atoms with Crippen LogP contribution >= 0.6 is 0 Å². The number of Topliss-reactive ketones (excluding diaryl/α,β-unsaturated/α-hetero) is 1. The standard InChI is InChI=1S/C25H29F2N5O6S/c1-16(33)3-6-20-15-31(25(35)38-20)19-13-22(26)24(23(27)14-19)30-10-9-28-32(12-11-30)39(36,37)21-7-4-18(5-8-21)29-17(2)34/h4-5,7-8,13-14,20,28H,3,6,9-12,15H2,1-2H3,(H,29,34)/t20-/m0/s1. The minimum Gasteiger partial charge on any atom is -0.444 e. The van der Waals surface area contributed by atoms with E-state index in [2.05, 4.69) is 10.7 Å². The van der Waals surface area contributed by atoms with Crippen molar-refractivity contribution < 1.29 is 36.3 Å². The third-order valence-corrected chi connectivity index (χ3v) is 8.09. The van der Waals surface area contributed by atoms with Crippen molar-refractivity contribution >= 4 is 44.9 Å². The van der Waals surface area contributed by atoms with Crippen LogP contribution in [-0.4, -0.2) is 69.4 Å². The van der Waals surface area contributed by atoms with Crippen LogP contribution in [0, 0.1) is 11.6 Å². The van der Waals surface area contributed by atoms with E-state index in [4.69, 9.17) is 4.74 Å². The van der Waals surface area contributed by atoms with Crippen molar-refractivity contribution in [3.63, 3.8) is 0 Å². The number of anilines is 3. The fourth-order valence-electron chi connectivity index (χ4n) is 4.44. The number of hydrogen-bond donors (Lipinski definition) is 2. The summed E-state index contributed by atoms with van der Waals surface area (Å²) in [6.45, 7) is 2.91. The molecule has 11 nitrogen and oxygen atoms in total. The van der Waals surface area contributed by atoms with Crippen LogP contribution in [0.15, 0.2) is 41.3 Å². The largest absolute Gasteiger partial charge is 0.444 e. The van der Waals surface area contributed by atoms with Gasteiger partial charge < -0.3 is 19.7 Å². The zero-order valence-electron chi connectivity index (χ0n) is 21.4. The number of carbonyl (C=O) groups excluding carboxylic acids is 3. The first-order chi connectivity index (χ1) is 18.5. The van der Waals surface area contributed by atoms with Crippen LogP contribution in [-0.2, 0) is 24.3 Å². The molecular weight excluding hydrogens is 536 g/mol. The molecule has 2 fully saturated rings. The number of nitrogens with zero attached hydrogens (tertiary/aromatic N) is 3. The van der Waals surface area contributed by atoms with Crippen molar-refractivity contribution in [2.24, 2.45) is 0 Å². The Balaban J connectivity index is 1.46. The van der Waals surface area contributed by atoms with Gasteiger partial charge in [-0.15, -0.1) is 4.41 Å². The molecule has 14 heteroatoms. The van der Waals surface area contributed by atoms with Gasteiger partial charge in [-0.2, -0.15) is 0 Å². The molecule has 2 aliphatic rings. The number of sulfonamides is 1. The first-order valence-electron chi connectivity index (χ1n) is 12.3. The van der Waals surface area contributed by atoms with Crippen molar-refractivity contribution in [2.75, 3.05) is 47.8 Å². The molecule has 2 aromatic rings. The Kier molecular flexibility index (Phi) is 8.47. The highest BCUT2D eigenvalue weighted by Crippen LogP contribution is 2.32. The molecule has 2 N–H and O–H groups in total. The van der Waals surface area contributed by atoms with Gasteiger partial charge in [-0.25, -0.2) is 27.4 Å². The van der Waals surface area contributed by atoms with Crippen LogP contribution in [0.5, 0.6) is 0 Å². The number of halogens is 2. The van der Waals surface area contributed by atoms with Crippen LogP contribution in [0.4, 0.5) is 30.6 Å². The van der Waals surface area contributed by atoms with Gasteiger partial charge in [0.05, 0.1) is 17.1 Å². The Labute approximate surface area is 224 Å². The zero-order chi connectivity index (χ0) is 28.3. The molecular formula is C25H29F2N5O6S. The maximum Gasteiger partial charge on any atom is 0.414 e. The smallest absolute Gasteiger partial charge is 0.414 e. The Morgan fingerprint density at radius 1 is 1.08 bits per heavy atom. The second-order valence-corrected chi connectivity index (χ2v) is 11.2. The van der Waals surface area contributed by atoms with Gasteiger partial charge in [-0.3, -0.25) is 9.69 Å². The van der Waals surface area contributed by atoms with E-state index in [0.717, 1.165) is 21.4 Å². The Hall–Kier alpha value is -3.62. The lowest BCUT2D eigenvalue weighted by Gasteiger charge is -2.25. The van der Waals surface area contributed by atoms with Crippen LogP contribution in [0.1, 0.15) is 26.7 Å². The predicted molar refractivity (Wildman–Crippen MR) is 139 cm³/mol. The molecule has 0 saturated carbocycles. The van der Waals surface area contributed by atoms with E-state index in [1.54, 1.807) is 0 Å². The number of ketones is 1. The summed E-state index contributed by atoms with van der Waals surface area (Å²) >= 11 is 0. The summed E-state index contributed by atoms with van der Waals surface area (Å²) in [6.07, 6.45) is -0.760. The third kappa shape index (κ3) is 6.52. The van der Waals surface area contributed by atoms with E-state index in [1.807, 2.05) is 0 Å². The van der Waals surface area contributed by atoms with Crippen molar-refractivity contribution in [1.82, 2.24) is 9.84 Å². The molecule has 0 unspecified atom stereocenters. The van der Waals surface area contributed by atoms with Gasteiger partial charge in [-0.05, 0) is 37.6 Å². The molecule has 0 radical (unpaired) electrons. The average molecular weight is 566 g/mol. The highest BCUT2D eigenvalue weighted by atomic mass is 32.2. The summed E-state index contributed by atoms with van der Waals surface area (Å²) < 4.78 is 62.9. The summed E-state index contributed by atoms with van der Waals surface area (Å²) in [5, 5.41) is 2.56. The van der Waals surface area contributed by atoms with E-state index >= 15 is 8.78 Å². The maximum atomic E-state index is 15.2. The van der Waals surface area contributed by atoms with Crippen molar-refractivity contribution in [1.29, 1.82) is 0 Å². The lowest BCUT2D eigenvalue weighted by Crippen LogP contribution is -2.43. The number of cyclic esters (lactones) is 1. The number of hydrogen-bond acceptors (Lipinski definition) is 8. The van der Waals surface area contributed by atoms with Gasteiger partial charge >= 0.3 is 6.09 Å². The van der Waals surface area contributed by atoms with E-state index in [-0.39, 0.29) is 67.1 Å². The number of ether oxygens (including phenoxy) is 1. The van der Waals surface area contributed by atoms with Gasteiger partial charge in [0.1, 0.15) is 17.6 Å². The summed E-state index contributed by atoms with van der Waals surface area (Å²) in [7, 11) is -3.98. The average Bonchev–Trinajstić information content (AvgIpc) is 3.06. The number of benzene rings is 2. The highest BCUT2D eigenvalue weighted by Gasteiger charge is 2.34. The van der Waals surface area contributed by atoms with Gasteiger partial charge in [0, 0.05) is 57.3 Å². The van der Waals surface area contributed by atoms with Crippen LogP contribution in [0.3, 0.4) is 0 Å². The minimum absolute atomic E-state index is 0.0102. The molecule has 0 spiro atoms. The topological polar surface area (TPSA) is 128 Å². The summed E-state index contributed by atoms with van der Waals surface area (Å²) in [5.74, 6) is -2.16. The first kappa shape index (κ1) is 28.4. The minimum atomic E-state index is -3.98. The molecule has 210 valence electrons. The molecule has 39 heavy (non-hydrogen) atoms. The maximum absolute atomic E-state index is 15.2. The molecule has 4 rings (SSSR count). The fraction of sp³-hybridized carbons (Fsp3) is 0.400. The Morgan fingerprint density at radius 2 is 1.74 bits per heavy atom. The highest BCUT2D eigenvalue weighted by molar-refractivity contribution is 7.89. The number of carbonyl (C=O) groups is 3.